The third kappa shape index (κ3) is 2.47. The molecule has 1 aromatic heterocycles. The summed E-state index contributed by atoms with van der Waals surface area (Å²) in [6, 6.07) is 3.95. The summed E-state index contributed by atoms with van der Waals surface area (Å²) in [7, 11) is 0. The van der Waals surface area contributed by atoms with Gasteiger partial charge in [0.25, 0.3) is 0 Å². The standard InChI is InChI=1S/C13H22N2O/c1-10(2)13(5-6-13)9-15-8-12-4-3-11(7-14)16-12/h3-4,10,15H,5-9,14H2,1-2H3. The van der Waals surface area contributed by atoms with E-state index in [0.29, 0.717) is 12.0 Å². The van der Waals surface area contributed by atoms with E-state index >= 15 is 0 Å². The van der Waals surface area contributed by atoms with Gasteiger partial charge in [0, 0.05) is 6.54 Å². The summed E-state index contributed by atoms with van der Waals surface area (Å²) in [5.41, 5.74) is 6.06. The highest BCUT2D eigenvalue weighted by Gasteiger charge is 2.44. The van der Waals surface area contributed by atoms with Crippen LogP contribution in [0.1, 0.15) is 38.2 Å². The average molecular weight is 222 g/mol. The topological polar surface area (TPSA) is 51.2 Å². The second-order valence-corrected chi connectivity index (χ2v) is 5.19. The number of hydrogen-bond acceptors (Lipinski definition) is 3. The smallest absolute Gasteiger partial charge is 0.118 e. The van der Waals surface area contributed by atoms with Crippen LogP contribution in [0.25, 0.3) is 0 Å². The average Bonchev–Trinajstić information content (AvgIpc) is 2.91. The summed E-state index contributed by atoms with van der Waals surface area (Å²) in [6.07, 6.45) is 2.73. The Morgan fingerprint density at radius 1 is 1.38 bits per heavy atom. The number of furan rings is 1. The molecule has 0 aromatic carbocycles. The number of nitrogens with one attached hydrogen (secondary N) is 1. The highest BCUT2D eigenvalue weighted by Crippen LogP contribution is 2.51. The molecule has 0 radical (unpaired) electrons. The van der Waals surface area contributed by atoms with Crippen molar-refractivity contribution in [3.05, 3.63) is 23.7 Å². The second-order valence-electron chi connectivity index (χ2n) is 5.19. The zero-order chi connectivity index (χ0) is 11.6. The fourth-order valence-corrected chi connectivity index (χ4v) is 2.18. The highest BCUT2D eigenvalue weighted by molar-refractivity contribution is 5.07. The van der Waals surface area contributed by atoms with Crippen molar-refractivity contribution in [1.82, 2.24) is 5.32 Å². The van der Waals surface area contributed by atoms with E-state index in [1.807, 2.05) is 12.1 Å². The first-order valence-corrected chi connectivity index (χ1v) is 6.15. The van der Waals surface area contributed by atoms with Crippen molar-refractivity contribution in [2.75, 3.05) is 6.54 Å². The summed E-state index contributed by atoms with van der Waals surface area (Å²) >= 11 is 0. The molecule has 1 aromatic rings. The third-order valence-corrected chi connectivity index (χ3v) is 3.81. The van der Waals surface area contributed by atoms with Crippen molar-refractivity contribution in [2.45, 2.75) is 39.8 Å². The van der Waals surface area contributed by atoms with E-state index in [0.717, 1.165) is 30.5 Å². The molecule has 0 unspecified atom stereocenters. The molecule has 0 bridgehead atoms. The van der Waals surface area contributed by atoms with Crippen molar-refractivity contribution in [3.63, 3.8) is 0 Å². The monoisotopic (exact) mass is 222 g/mol. The van der Waals surface area contributed by atoms with E-state index in [2.05, 4.69) is 19.2 Å². The number of rotatable bonds is 6. The number of hydrogen-bond donors (Lipinski definition) is 2. The van der Waals surface area contributed by atoms with Crippen LogP contribution < -0.4 is 11.1 Å². The Bertz CT molecular complexity index is 339. The van der Waals surface area contributed by atoms with Gasteiger partial charge in [0.15, 0.2) is 0 Å². The van der Waals surface area contributed by atoms with E-state index in [4.69, 9.17) is 10.2 Å². The number of nitrogens with two attached hydrogens (primary N) is 1. The zero-order valence-electron chi connectivity index (χ0n) is 10.3. The van der Waals surface area contributed by atoms with Crippen LogP contribution in [0.3, 0.4) is 0 Å². The van der Waals surface area contributed by atoms with Gasteiger partial charge in [-0.3, -0.25) is 0 Å². The summed E-state index contributed by atoms with van der Waals surface area (Å²) in [5.74, 6) is 2.62. The van der Waals surface area contributed by atoms with Crippen molar-refractivity contribution in [1.29, 1.82) is 0 Å². The van der Waals surface area contributed by atoms with Gasteiger partial charge in [-0.15, -0.1) is 0 Å². The Morgan fingerprint density at radius 2 is 2.06 bits per heavy atom. The van der Waals surface area contributed by atoms with Gasteiger partial charge < -0.3 is 15.5 Å². The minimum atomic E-state index is 0.482. The van der Waals surface area contributed by atoms with Crippen LogP contribution in [-0.2, 0) is 13.1 Å². The Kier molecular flexibility index (Phi) is 3.36. The summed E-state index contributed by atoms with van der Waals surface area (Å²) in [6.45, 7) is 7.02. The first-order valence-electron chi connectivity index (χ1n) is 6.15. The molecular weight excluding hydrogens is 200 g/mol. The Balaban J connectivity index is 1.76. The van der Waals surface area contributed by atoms with E-state index in [-0.39, 0.29) is 0 Å². The van der Waals surface area contributed by atoms with Crippen LogP contribution >= 0.6 is 0 Å². The molecule has 90 valence electrons. The van der Waals surface area contributed by atoms with Gasteiger partial charge in [0.1, 0.15) is 11.5 Å². The predicted molar refractivity (Wildman–Crippen MR) is 64.8 cm³/mol. The van der Waals surface area contributed by atoms with Crippen LogP contribution in [0.4, 0.5) is 0 Å². The minimum absolute atomic E-state index is 0.482. The fourth-order valence-electron chi connectivity index (χ4n) is 2.18. The fraction of sp³-hybridized carbons (Fsp3) is 0.692. The lowest BCUT2D eigenvalue weighted by Crippen LogP contribution is -2.27. The predicted octanol–water partition coefficient (Wildman–Crippen LogP) is 2.26. The van der Waals surface area contributed by atoms with Gasteiger partial charge in [-0.2, -0.15) is 0 Å². The van der Waals surface area contributed by atoms with Crippen molar-refractivity contribution >= 4 is 0 Å². The molecule has 16 heavy (non-hydrogen) atoms. The first kappa shape index (κ1) is 11.7. The van der Waals surface area contributed by atoms with E-state index < -0.39 is 0 Å². The zero-order valence-corrected chi connectivity index (χ0v) is 10.3. The molecule has 0 spiro atoms. The maximum absolute atomic E-state index is 5.54. The maximum atomic E-state index is 5.54. The molecule has 0 aliphatic heterocycles. The van der Waals surface area contributed by atoms with Gasteiger partial charge in [0.05, 0.1) is 13.1 Å². The van der Waals surface area contributed by atoms with E-state index in [9.17, 15) is 0 Å². The molecule has 3 N–H and O–H groups in total. The van der Waals surface area contributed by atoms with Gasteiger partial charge >= 0.3 is 0 Å². The minimum Gasteiger partial charge on any atom is -0.463 e. The molecule has 1 fully saturated rings. The molecule has 1 heterocycles. The normalized spacial score (nSPS) is 18.0. The second kappa shape index (κ2) is 4.60. The molecule has 0 saturated heterocycles. The van der Waals surface area contributed by atoms with E-state index in [1.165, 1.54) is 12.8 Å². The lowest BCUT2D eigenvalue weighted by molar-refractivity contribution is 0.329. The Labute approximate surface area is 97.4 Å². The third-order valence-electron chi connectivity index (χ3n) is 3.81. The van der Waals surface area contributed by atoms with Gasteiger partial charge in [-0.25, -0.2) is 0 Å². The van der Waals surface area contributed by atoms with Crippen LogP contribution in [0, 0.1) is 11.3 Å². The molecule has 1 saturated carbocycles. The van der Waals surface area contributed by atoms with Crippen molar-refractivity contribution < 1.29 is 4.42 Å². The Morgan fingerprint density at radius 3 is 2.56 bits per heavy atom. The highest BCUT2D eigenvalue weighted by atomic mass is 16.3. The van der Waals surface area contributed by atoms with Crippen LogP contribution in [0.2, 0.25) is 0 Å². The maximum Gasteiger partial charge on any atom is 0.118 e. The van der Waals surface area contributed by atoms with Crippen molar-refractivity contribution in [2.24, 2.45) is 17.1 Å². The van der Waals surface area contributed by atoms with Crippen LogP contribution in [0.5, 0.6) is 0 Å². The van der Waals surface area contributed by atoms with Gasteiger partial charge in [-0.05, 0) is 36.3 Å². The largest absolute Gasteiger partial charge is 0.463 e. The molecule has 3 nitrogen and oxygen atoms in total. The van der Waals surface area contributed by atoms with Gasteiger partial charge in [0.2, 0.25) is 0 Å². The molecule has 0 amide bonds. The molecule has 3 heteroatoms. The molecule has 2 rings (SSSR count). The molecule has 1 aliphatic rings. The van der Waals surface area contributed by atoms with Crippen LogP contribution in [0.15, 0.2) is 16.5 Å². The first-order chi connectivity index (χ1) is 7.66. The molecule has 1 aliphatic carbocycles. The SMILES string of the molecule is CC(C)C1(CNCc2ccc(CN)o2)CC1. The van der Waals surface area contributed by atoms with Gasteiger partial charge in [-0.1, -0.05) is 13.8 Å². The lowest BCUT2D eigenvalue weighted by Gasteiger charge is -2.19. The lowest BCUT2D eigenvalue weighted by atomic mass is 9.92. The van der Waals surface area contributed by atoms with Crippen LogP contribution in [-0.4, -0.2) is 6.54 Å². The summed E-state index contributed by atoms with van der Waals surface area (Å²) < 4.78 is 5.54. The summed E-state index contributed by atoms with van der Waals surface area (Å²) in [4.78, 5) is 0. The molecule has 0 atom stereocenters. The van der Waals surface area contributed by atoms with E-state index in [1.54, 1.807) is 0 Å². The quantitative estimate of drug-likeness (QED) is 0.776. The Hall–Kier alpha value is -0.800. The summed E-state index contributed by atoms with van der Waals surface area (Å²) in [5, 5.41) is 3.49. The molecular formula is C13H22N2O. The van der Waals surface area contributed by atoms with Crippen molar-refractivity contribution in [3.8, 4) is 0 Å².